The summed E-state index contributed by atoms with van der Waals surface area (Å²) in [6.07, 6.45) is -0.0628. The Labute approximate surface area is 189 Å². The van der Waals surface area contributed by atoms with Crippen LogP contribution >= 0.6 is 0 Å². The number of nitrogens with zero attached hydrogens (tertiary/aromatic N) is 2. The molecule has 1 aromatic heterocycles. The number of aryl methyl sites for hydroxylation is 1. The number of aromatic nitrogens is 1. The molecular formula is C26H33N3O3. The molecule has 6 heteroatoms. The Morgan fingerprint density at radius 2 is 1.91 bits per heavy atom. The van der Waals surface area contributed by atoms with Crippen molar-refractivity contribution in [1.82, 2.24) is 14.8 Å². The van der Waals surface area contributed by atoms with Crippen LogP contribution in [0.3, 0.4) is 0 Å². The molecule has 6 nitrogen and oxygen atoms in total. The van der Waals surface area contributed by atoms with E-state index in [1.54, 1.807) is 0 Å². The zero-order valence-corrected chi connectivity index (χ0v) is 19.3. The number of carbonyl (C=O) groups is 1. The molecule has 0 unspecified atom stereocenters. The van der Waals surface area contributed by atoms with E-state index in [0.717, 1.165) is 27.6 Å². The maximum Gasteiger partial charge on any atom is 0.271 e. The van der Waals surface area contributed by atoms with E-state index in [4.69, 9.17) is 4.74 Å². The van der Waals surface area contributed by atoms with Gasteiger partial charge in [-0.15, -0.1) is 0 Å². The normalized spacial score (nSPS) is 20.5. The highest BCUT2D eigenvalue weighted by atomic mass is 16.5. The van der Waals surface area contributed by atoms with E-state index < -0.39 is 0 Å². The summed E-state index contributed by atoms with van der Waals surface area (Å²) in [6, 6.07) is 16.0. The lowest BCUT2D eigenvalue weighted by Crippen LogP contribution is -2.47. The van der Waals surface area contributed by atoms with Gasteiger partial charge in [-0.25, -0.2) is 0 Å². The lowest BCUT2D eigenvalue weighted by molar-refractivity contribution is -0.00658. The second-order valence-electron chi connectivity index (χ2n) is 8.83. The van der Waals surface area contributed by atoms with Gasteiger partial charge in [-0.2, -0.15) is 0 Å². The zero-order valence-electron chi connectivity index (χ0n) is 19.3. The standard InChI is InChI=1S/C26H33N3O3/c1-17-14-29(18(2)15-30)26(31)25-24(21-11-7-8-12-22(21)28(25)4)20-10-6-5-9-19(20)16-32-23(17)13-27-3/h5-12,17-18,23,27,30H,13-16H2,1-4H3/t17-,18+,23+/m1/s1. The highest BCUT2D eigenvalue weighted by Gasteiger charge is 2.33. The molecule has 1 aliphatic rings. The fourth-order valence-corrected chi connectivity index (χ4v) is 4.75. The molecule has 0 saturated heterocycles. The second kappa shape index (κ2) is 9.45. The number of amides is 1. The molecule has 0 bridgehead atoms. The van der Waals surface area contributed by atoms with E-state index in [0.29, 0.717) is 25.4 Å². The summed E-state index contributed by atoms with van der Waals surface area (Å²) >= 11 is 0. The monoisotopic (exact) mass is 435 g/mol. The molecule has 0 spiro atoms. The molecular weight excluding hydrogens is 402 g/mol. The zero-order chi connectivity index (χ0) is 22.8. The minimum atomic E-state index is -0.304. The molecule has 32 heavy (non-hydrogen) atoms. The summed E-state index contributed by atoms with van der Waals surface area (Å²) in [4.78, 5) is 15.9. The third kappa shape index (κ3) is 3.94. The van der Waals surface area contributed by atoms with Gasteiger partial charge < -0.3 is 24.6 Å². The van der Waals surface area contributed by atoms with Gasteiger partial charge in [0.2, 0.25) is 0 Å². The number of hydrogen-bond acceptors (Lipinski definition) is 4. The van der Waals surface area contributed by atoms with Crippen LogP contribution in [0, 0.1) is 5.92 Å². The minimum absolute atomic E-state index is 0.0628. The van der Waals surface area contributed by atoms with Crippen molar-refractivity contribution in [2.45, 2.75) is 32.6 Å². The van der Waals surface area contributed by atoms with Crippen molar-refractivity contribution in [2.75, 3.05) is 26.7 Å². The number of aliphatic hydroxyl groups excluding tert-OH is 1. The fourth-order valence-electron chi connectivity index (χ4n) is 4.75. The Kier molecular flexibility index (Phi) is 6.65. The molecule has 3 aromatic rings. The molecule has 2 N–H and O–H groups in total. The second-order valence-corrected chi connectivity index (χ2v) is 8.83. The highest BCUT2D eigenvalue weighted by Crippen LogP contribution is 2.38. The van der Waals surface area contributed by atoms with Gasteiger partial charge in [-0.1, -0.05) is 49.4 Å². The number of rotatable bonds is 4. The Morgan fingerprint density at radius 3 is 2.66 bits per heavy atom. The molecule has 2 aromatic carbocycles. The lowest BCUT2D eigenvalue weighted by atomic mass is 9.96. The number of fused-ring (bicyclic) bond motifs is 5. The number of hydrogen-bond donors (Lipinski definition) is 2. The van der Waals surface area contributed by atoms with Gasteiger partial charge in [0.15, 0.2) is 0 Å². The average Bonchev–Trinajstić information content (AvgIpc) is 3.10. The molecule has 3 atom stereocenters. The topological polar surface area (TPSA) is 66.7 Å². The van der Waals surface area contributed by atoms with E-state index in [-0.39, 0.29) is 30.6 Å². The van der Waals surface area contributed by atoms with Crippen molar-refractivity contribution in [3.8, 4) is 11.1 Å². The first-order valence-corrected chi connectivity index (χ1v) is 11.3. The van der Waals surface area contributed by atoms with Crippen LogP contribution in [0.15, 0.2) is 48.5 Å². The Bertz CT molecular complexity index is 1110. The fraction of sp³-hybridized carbons (Fsp3) is 0.423. The highest BCUT2D eigenvalue weighted by molar-refractivity contribution is 6.10. The van der Waals surface area contributed by atoms with Crippen molar-refractivity contribution in [3.05, 3.63) is 59.8 Å². The van der Waals surface area contributed by atoms with Crippen LogP contribution in [0.1, 0.15) is 29.9 Å². The number of para-hydroxylation sites is 1. The van der Waals surface area contributed by atoms with Crippen LogP contribution in [0.2, 0.25) is 0 Å². The average molecular weight is 436 g/mol. The van der Waals surface area contributed by atoms with Crippen LogP contribution in [-0.2, 0) is 18.4 Å². The Balaban J connectivity index is 1.99. The summed E-state index contributed by atoms with van der Waals surface area (Å²) < 4.78 is 8.41. The molecule has 1 aliphatic heterocycles. The lowest BCUT2D eigenvalue weighted by Gasteiger charge is -2.33. The summed E-state index contributed by atoms with van der Waals surface area (Å²) in [6.45, 7) is 5.58. The predicted octanol–water partition coefficient (Wildman–Crippen LogP) is 3.42. The van der Waals surface area contributed by atoms with E-state index >= 15 is 0 Å². The van der Waals surface area contributed by atoms with E-state index in [2.05, 4.69) is 30.4 Å². The van der Waals surface area contributed by atoms with Crippen LogP contribution < -0.4 is 5.32 Å². The summed E-state index contributed by atoms with van der Waals surface area (Å²) in [5, 5.41) is 14.2. The molecule has 0 saturated carbocycles. The van der Waals surface area contributed by atoms with Gasteiger partial charge >= 0.3 is 0 Å². The van der Waals surface area contributed by atoms with E-state index in [1.165, 1.54) is 0 Å². The predicted molar refractivity (Wildman–Crippen MR) is 128 cm³/mol. The smallest absolute Gasteiger partial charge is 0.271 e. The summed E-state index contributed by atoms with van der Waals surface area (Å²) in [5.74, 6) is 0.0239. The quantitative estimate of drug-likeness (QED) is 0.659. The van der Waals surface area contributed by atoms with Gasteiger partial charge in [0.05, 0.1) is 25.4 Å². The van der Waals surface area contributed by atoms with Crippen LogP contribution in [-0.4, -0.2) is 59.4 Å². The number of nitrogens with one attached hydrogen (secondary N) is 1. The third-order valence-corrected chi connectivity index (χ3v) is 6.63. The first-order chi connectivity index (χ1) is 15.5. The maximum atomic E-state index is 14.1. The SMILES string of the molecule is CNC[C@@H]1OCc2ccccc2-c2c(n(C)c3ccccc23)C(=O)N([C@@H](C)CO)C[C@H]1C. The van der Waals surface area contributed by atoms with Crippen molar-refractivity contribution in [2.24, 2.45) is 13.0 Å². The summed E-state index contributed by atoms with van der Waals surface area (Å²) in [5.41, 5.74) is 4.67. The van der Waals surface area contributed by atoms with Crippen LogP contribution in [0.4, 0.5) is 0 Å². The maximum absolute atomic E-state index is 14.1. The van der Waals surface area contributed by atoms with E-state index in [9.17, 15) is 9.90 Å². The van der Waals surface area contributed by atoms with Crippen molar-refractivity contribution < 1.29 is 14.6 Å². The molecule has 4 rings (SSSR count). The largest absolute Gasteiger partial charge is 0.394 e. The first-order valence-electron chi connectivity index (χ1n) is 11.3. The van der Waals surface area contributed by atoms with Crippen molar-refractivity contribution >= 4 is 16.8 Å². The Morgan fingerprint density at radius 1 is 1.19 bits per heavy atom. The molecule has 2 heterocycles. The van der Waals surface area contributed by atoms with Crippen LogP contribution in [0.25, 0.3) is 22.0 Å². The molecule has 0 radical (unpaired) electrons. The molecule has 1 amide bonds. The number of likely N-dealkylation sites (N-methyl/N-ethyl adjacent to an activating group) is 1. The van der Waals surface area contributed by atoms with Gasteiger partial charge in [0, 0.05) is 42.5 Å². The van der Waals surface area contributed by atoms with Crippen molar-refractivity contribution in [1.29, 1.82) is 0 Å². The van der Waals surface area contributed by atoms with E-state index in [1.807, 2.05) is 60.8 Å². The van der Waals surface area contributed by atoms with Gasteiger partial charge in [-0.05, 0) is 31.2 Å². The molecule has 170 valence electrons. The first kappa shape index (κ1) is 22.5. The van der Waals surface area contributed by atoms with Crippen LogP contribution in [0.5, 0.6) is 0 Å². The third-order valence-electron chi connectivity index (χ3n) is 6.63. The Hall–Kier alpha value is -2.67. The number of ether oxygens (including phenoxy) is 1. The van der Waals surface area contributed by atoms with Crippen molar-refractivity contribution in [3.63, 3.8) is 0 Å². The molecule has 0 fully saturated rings. The number of benzene rings is 2. The van der Waals surface area contributed by atoms with Gasteiger partial charge in [-0.3, -0.25) is 4.79 Å². The molecule has 0 aliphatic carbocycles. The van der Waals surface area contributed by atoms with Gasteiger partial charge in [0.25, 0.3) is 5.91 Å². The number of aliphatic hydroxyl groups is 1. The minimum Gasteiger partial charge on any atom is -0.394 e. The number of carbonyl (C=O) groups excluding carboxylic acids is 1. The van der Waals surface area contributed by atoms with Gasteiger partial charge in [0.1, 0.15) is 5.69 Å². The summed E-state index contributed by atoms with van der Waals surface area (Å²) in [7, 11) is 3.86.